The molecule has 6 heteroatoms. The molecular formula is C28H36N2O4. The molecule has 0 radical (unpaired) electrons. The van der Waals surface area contributed by atoms with Gasteiger partial charge in [-0.1, -0.05) is 18.9 Å². The monoisotopic (exact) mass is 464 g/mol. The summed E-state index contributed by atoms with van der Waals surface area (Å²) in [5.41, 5.74) is 2.67. The molecule has 2 aliphatic heterocycles. The van der Waals surface area contributed by atoms with Crippen LogP contribution in [0.2, 0.25) is 0 Å². The number of nitrogens with one attached hydrogen (secondary N) is 1. The Bertz CT molecular complexity index is 1020. The summed E-state index contributed by atoms with van der Waals surface area (Å²) in [6.07, 6.45) is 9.37. The van der Waals surface area contributed by atoms with Gasteiger partial charge in [-0.3, -0.25) is 4.79 Å². The first-order chi connectivity index (χ1) is 16.6. The van der Waals surface area contributed by atoms with E-state index in [0.717, 1.165) is 81.5 Å². The van der Waals surface area contributed by atoms with Crippen molar-refractivity contribution in [3.8, 4) is 0 Å². The molecular weight excluding hydrogens is 428 g/mol. The highest BCUT2D eigenvalue weighted by atomic mass is 16.5. The fraction of sp³-hybridized carbons (Fsp3) is 0.607. The van der Waals surface area contributed by atoms with Crippen LogP contribution in [0.1, 0.15) is 91.5 Å². The normalized spacial score (nSPS) is 23.1. The second-order valence-corrected chi connectivity index (χ2v) is 11.0. The second kappa shape index (κ2) is 9.04. The van der Waals surface area contributed by atoms with Gasteiger partial charge in [0.1, 0.15) is 5.76 Å². The SMILES string of the molecule is O=C(Nc1cc(C2CC2)ccc1N1CCC(O)(CC2CC2)CC1)c1ccc(C2CCOCC2)o1. The van der Waals surface area contributed by atoms with Gasteiger partial charge in [-0.15, -0.1) is 0 Å². The van der Waals surface area contributed by atoms with Gasteiger partial charge in [-0.25, -0.2) is 0 Å². The number of rotatable bonds is 7. The highest BCUT2D eigenvalue weighted by Crippen LogP contribution is 2.44. The maximum absolute atomic E-state index is 13.2. The lowest BCUT2D eigenvalue weighted by molar-refractivity contribution is 0.00297. The molecule has 6 rings (SSSR count). The Morgan fingerprint density at radius 2 is 1.76 bits per heavy atom. The van der Waals surface area contributed by atoms with Gasteiger partial charge in [0.2, 0.25) is 0 Å². The lowest BCUT2D eigenvalue weighted by Gasteiger charge is -2.40. The van der Waals surface area contributed by atoms with E-state index in [-0.39, 0.29) is 5.91 Å². The van der Waals surface area contributed by atoms with Crippen LogP contribution in [0.4, 0.5) is 11.4 Å². The van der Waals surface area contributed by atoms with Crippen molar-refractivity contribution in [1.29, 1.82) is 0 Å². The number of nitrogens with zero attached hydrogens (tertiary/aromatic N) is 1. The Morgan fingerprint density at radius 1 is 1.00 bits per heavy atom. The van der Waals surface area contributed by atoms with Crippen molar-refractivity contribution in [1.82, 2.24) is 0 Å². The molecule has 2 N–H and O–H groups in total. The number of hydrogen-bond donors (Lipinski definition) is 2. The van der Waals surface area contributed by atoms with Crippen LogP contribution in [0.25, 0.3) is 0 Å². The van der Waals surface area contributed by atoms with Gasteiger partial charge in [0, 0.05) is 32.2 Å². The zero-order valence-corrected chi connectivity index (χ0v) is 19.9. The number of piperidine rings is 1. The number of benzene rings is 1. The van der Waals surface area contributed by atoms with Gasteiger partial charge in [-0.05, 0) is 86.6 Å². The standard InChI is InChI=1S/C28H36N2O4/c31-27(26-8-7-25(34-26)21-9-15-33-16-10-21)29-23-17-22(20-3-4-20)5-6-24(23)30-13-11-28(32,12-14-30)18-19-1-2-19/h5-8,17,19-21,32H,1-4,9-16,18H2,(H,29,31). The molecule has 0 spiro atoms. The number of aliphatic hydroxyl groups is 1. The minimum Gasteiger partial charge on any atom is -0.456 e. The van der Waals surface area contributed by atoms with E-state index in [1.807, 2.05) is 6.07 Å². The predicted molar refractivity (Wildman–Crippen MR) is 132 cm³/mol. The van der Waals surface area contributed by atoms with Crippen LogP contribution in [0.5, 0.6) is 0 Å². The van der Waals surface area contributed by atoms with E-state index in [2.05, 4.69) is 28.4 Å². The van der Waals surface area contributed by atoms with E-state index in [0.29, 0.717) is 17.6 Å². The highest BCUT2D eigenvalue weighted by Gasteiger charge is 2.38. The maximum atomic E-state index is 13.2. The van der Waals surface area contributed by atoms with E-state index in [1.54, 1.807) is 6.07 Å². The minimum atomic E-state index is -0.524. The number of anilines is 2. The lowest BCUT2D eigenvalue weighted by Crippen LogP contribution is -2.45. The molecule has 2 saturated carbocycles. The van der Waals surface area contributed by atoms with Gasteiger partial charge < -0.3 is 24.5 Å². The van der Waals surface area contributed by atoms with Crippen LogP contribution in [0.3, 0.4) is 0 Å². The van der Waals surface area contributed by atoms with Crippen LogP contribution in [0.15, 0.2) is 34.7 Å². The minimum absolute atomic E-state index is 0.199. The van der Waals surface area contributed by atoms with Crippen molar-refractivity contribution >= 4 is 17.3 Å². The summed E-state index contributed by atoms with van der Waals surface area (Å²) in [5, 5.41) is 14.2. The van der Waals surface area contributed by atoms with Crippen LogP contribution in [-0.4, -0.2) is 42.9 Å². The van der Waals surface area contributed by atoms with E-state index in [1.165, 1.54) is 31.2 Å². The molecule has 0 bridgehead atoms. The van der Waals surface area contributed by atoms with E-state index in [4.69, 9.17) is 9.15 Å². The molecule has 0 atom stereocenters. The summed E-state index contributed by atoms with van der Waals surface area (Å²) in [7, 11) is 0. The van der Waals surface area contributed by atoms with Gasteiger partial charge >= 0.3 is 0 Å². The van der Waals surface area contributed by atoms with Crippen LogP contribution < -0.4 is 10.2 Å². The van der Waals surface area contributed by atoms with Crippen molar-refractivity contribution in [2.75, 3.05) is 36.5 Å². The molecule has 3 heterocycles. The van der Waals surface area contributed by atoms with Crippen molar-refractivity contribution in [3.05, 3.63) is 47.4 Å². The molecule has 1 amide bonds. The molecule has 6 nitrogen and oxygen atoms in total. The first kappa shape index (κ1) is 22.2. The number of furan rings is 1. The molecule has 2 aromatic rings. The Labute approximate surface area is 201 Å². The summed E-state index contributed by atoms with van der Waals surface area (Å²) in [4.78, 5) is 15.5. The average Bonchev–Trinajstić information content (AvgIpc) is 3.79. The van der Waals surface area contributed by atoms with Crippen molar-refractivity contribution in [2.45, 2.75) is 75.2 Å². The molecule has 182 valence electrons. The van der Waals surface area contributed by atoms with Gasteiger partial charge in [0.15, 0.2) is 5.76 Å². The Morgan fingerprint density at radius 3 is 2.47 bits per heavy atom. The largest absolute Gasteiger partial charge is 0.456 e. The third kappa shape index (κ3) is 4.89. The lowest BCUT2D eigenvalue weighted by atomic mass is 9.86. The molecule has 2 aliphatic carbocycles. The first-order valence-corrected chi connectivity index (χ1v) is 13.2. The van der Waals surface area contributed by atoms with Crippen molar-refractivity contribution in [2.24, 2.45) is 5.92 Å². The quantitative estimate of drug-likeness (QED) is 0.571. The smallest absolute Gasteiger partial charge is 0.291 e. The number of ether oxygens (including phenoxy) is 1. The molecule has 1 aromatic heterocycles. The summed E-state index contributed by atoms with van der Waals surface area (Å²) >= 11 is 0. The number of hydrogen-bond acceptors (Lipinski definition) is 5. The Hall–Kier alpha value is -2.31. The predicted octanol–water partition coefficient (Wildman–Crippen LogP) is 5.43. The molecule has 1 aromatic carbocycles. The highest BCUT2D eigenvalue weighted by molar-refractivity contribution is 6.04. The number of carbonyl (C=O) groups is 1. The van der Waals surface area contributed by atoms with Gasteiger partial charge in [0.25, 0.3) is 5.91 Å². The fourth-order valence-corrected chi connectivity index (χ4v) is 5.69. The van der Waals surface area contributed by atoms with Gasteiger partial charge in [0.05, 0.1) is 17.0 Å². The summed E-state index contributed by atoms with van der Waals surface area (Å²) in [6.45, 7) is 3.11. The Kier molecular flexibility index (Phi) is 5.90. The third-order valence-electron chi connectivity index (χ3n) is 8.19. The number of carbonyl (C=O) groups excluding carboxylic acids is 1. The zero-order chi connectivity index (χ0) is 23.1. The molecule has 4 aliphatic rings. The van der Waals surface area contributed by atoms with E-state index in [9.17, 15) is 9.90 Å². The first-order valence-electron chi connectivity index (χ1n) is 13.2. The molecule has 4 fully saturated rings. The maximum Gasteiger partial charge on any atom is 0.291 e. The van der Waals surface area contributed by atoms with Crippen molar-refractivity contribution in [3.63, 3.8) is 0 Å². The van der Waals surface area contributed by atoms with Gasteiger partial charge in [-0.2, -0.15) is 0 Å². The Balaban J connectivity index is 1.18. The zero-order valence-electron chi connectivity index (χ0n) is 19.9. The fourth-order valence-electron chi connectivity index (χ4n) is 5.69. The summed E-state index contributed by atoms with van der Waals surface area (Å²) < 4.78 is 11.4. The average molecular weight is 465 g/mol. The molecule has 2 saturated heterocycles. The number of amides is 1. The van der Waals surface area contributed by atoms with Crippen LogP contribution in [-0.2, 0) is 4.74 Å². The van der Waals surface area contributed by atoms with Crippen molar-refractivity contribution < 1.29 is 19.1 Å². The molecule has 0 unspecified atom stereocenters. The van der Waals surface area contributed by atoms with Crippen LogP contribution >= 0.6 is 0 Å². The summed E-state index contributed by atoms with van der Waals surface area (Å²) in [5.74, 6) is 2.71. The summed E-state index contributed by atoms with van der Waals surface area (Å²) in [6, 6.07) is 10.3. The molecule has 34 heavy (non-hydrogen) atoms. The topological polar surface area (TPSA) is 74.9 Å². The van der Waals surface area contributed by atoms with Crippen LogP contribution in [0, 0.1) is 5.92 Å². The van der Waals surface area contributed by atoms with E-state index >= 15 is 0 Å². The third-order valence-corrected chi connectivity index (χ3v) is 8.19. The second-order valence-electron chi connectivity index (χ2n) is 11.0. The van der Waals surface area contributed by atoms with E-state index < -0.39 is 5.60 Å².